The number of aliphatic carboxylic acids is 1. The van der Waals surface area contributed by atoms with Gasteiger partial charge in [0, 0.05) is 18.1 Å². The minimum absolute atomic E-state index is 0.115. The number of carbonyl (C=O) groups is 1. The first kappa shape index (κ1) is 13.8. The molecule has 104 valence electrons. The predicted octanol–water partition coefficient (Wildman–Crippen LogP) is 1.80. The third kappa shape index (κ3) is 2.28. The molecule has 0 aromatic heterocycles. The van der Waals surface area contributed by atoms with Crippen molar-refractivity contribution in [3.63, 3.8) is 0 Å². The fraction of sp³-hybridized carbons (Fsp3) is 0.929. The summed E-state index contributed by atoms with van der Waals surface area (Å²) in [4.78, 5) is 16.3. The number of carboxylic acid groups (broad SMARTS) is 1. The van der Waals surface area contributed by atoms with Crippen LogP contribution in [0.5, 0.6) is 0 Å². The first-order valence-corrected chi connectivity index (χ1v) is 7.35. The number of fused-ring (bicyclic) bond motifs is 1. The fourth-order valence-electron chi connectivity index (χ4n) is 4.17. The van der Waals surface area contributed by atoms with Crippen LogP contribution in [0, 0.1) is 0 Å². The Morgan fingerprint density at radius 2 is 2.06 bits per heavy atom. The van der Waals surface area contributed by atoms with Crippen LogP contribution in [0.2, 0.25) is 0 Å². The molecule has 2 aliphatic heterocycles. The summed E-state index contributed by atoms with van der Waals surface area (Å²) in [5.74, 6) is -0.644. The quantitative estimate of drug-likeness (QED) is 0.812. The average Bonchev–Trinajstić information content (AvgIpc) is 2.71. The van der Waals surface area contributed by atoms with Crippen LogP contribution >= 0.6 is 0 Å². The van der Waals surface area contributed by atoms with Gasteiger partial charge in [-0.05, 0) is 38.9 Å². The van der Waals surface area contributed by atoms with E-state index >= 15 is 0 Å². The molecular formula is C14H26N2O2. The van der Waals surface area contributed by atoms with Crippen molar-refractivity contribution in [3.05, 3.63) is 0 Å². The Bertz CT molecular complexity index is 304. The van der Waals surface area contributed by atoms with E-state index < -0.39 is 5.97 Å². The van der Waals surface area contributed by atoms with E-state index in [1.54, 1.807) is 0 Å². The van der Waals surface area contributed by atoms with Crippen molar-refractivity contribution in [2.75, 3.05) is 26.2 Å². The Kier molecular flexibility index (Phi) is 4.28. The van der Waals surface area contributed by atoms with Gasteiger partial charge in [-0.2, -0.15) is 0 Å². The lowest BCUT2D eigenvalue weighted by Crippen LogP contribution is -2.58. The number of likely N-dealkylation sites (N-methyl/N-ethyl adjacent to an activating group) is 1. The number of carboxylic acids is 1. The van der Waals surface area contributed by atoms with Crippen LogP contribution in [0.1, 0.15) is 46.0 Å². The molecule has 2 aliphatic rings. The van der Waals surface area contributed by atoms with E-state index in [1.165, 1.54) is 19.3 Å². The third-order valence-corrected chi connectivity index (χ3v) is 4.92. The highest BCUT2D eigenvalue weighted by Gasteiger charge is 2.51. The van der Waals surface area contributed by atoms with Crippen LogP contribution in [0.4, 0.5) is 0 Å². The molecule has 2 atom stereocenters. The zero-order chi connectivity index (χ0) is 13.2. The Morgan fingerprint density at radius 3 is 2.67 bits per heavy atom. The van der Waals surface area contributed by atoms with Crippen LogP contribution in [0.15, 0.2) is 0 Å². The van der Waals surface area contributed by atoms with Crippen molar-refractivity contribution in [2.24, 2.45) is 0 Å². The maximum Gasteiger partial charge on any atom is 0.305 e. The lowest BCUT2D eigenvalue weighted by molar-refractivity contribution is -0.141. The minimum Gasteiger partial charge on any atom is -0.481 e. The Labute approximate surface area is 110 Å². The van der Waals surface area contributed by atoms with Crippen LogP contribution in [-0.4, -0.2) is 58.6 Å². The summed E-state index contributed by atoms with van der Waals surface area (Å²) >= 11 is 0. The number of hydrogen-bond acceptors (Lipinski definition) is 3. The molecule has 0 amide bonds. The summed E-state index contributed by atoms with van der Waals surface area (Å²) in [5.41, 5.74) is -0.115. The van der Waals surface area contributed by atoms with Gasteiger partial charge in [0.2, 0.25) is 0 Å². The number of piperidine rings is 1. The maximum atomic E-state index is 11.3. The largest absolute Gasteiger partial charge is 0.481 e. The van der Waals surface area contributed by atoms with E-state index in [-0.39, 0.29) is 5.54 Å². The summed E-state index contributed by atoms with van der Waals surface area (Å²) in [6, 6.07) is 0.460. The van der Waals surface area contributed by atoms with Crippen molar-refractivity contribution in [1.29, 1.82) is 0 Å². The van der Waals surface area contributed by atoms with Crippen molar-refractivity contribution in [1.82, 2.24) is 9.80 Å². The minimum atomic E-state index is -0.644. The highest BCUT2D eigenvalue weighted by atomic mass is 16.4. The van der Waals surface area contributed by atoms with Crippen LogP contribution in [0.3, 0.4) is 0 Å². The van der Waals surface area contributed by atoms with Gasteiger partial charge in [0.15, 0.2) is 0 Å². The van der Waals surface area contributed by atoms with E-state index in [4.69, 9.17) is 0 Å². The second kappa shape index (κ2) is 5.57. The number of hydrogen-bond donors (Lipinski definition) is 1. The van der Waals surface area contributed by atoms with Gasteiger partial charge in [0.1, 0.15) is 0 Å². The highest BCUT2D eigenvalue weighted by Crippen LogP contribution is 2.41. The molecule has 0 aromatic rings. The number of rotatable bonds is 5. The molecule has 4 heteroatoms. The SMILES string of the molecule is CCN(CC)C1(CC(=O)O)CCN2CCCCC21. The van der Waals surface area contributed by atoms with Gasteiger partial charge >= 0.3 is 5.97 Å². The Hall–Kier alpha value is -0.610. The molecule has 2 saturated heterocycles. The summed E-state index contributed by atoms with van der Waals surface area (Å²) in [5, 5.41) is 9.32. The molecule has 2 rings (SSSR count). The molecule has 0 bridgehead atoms. The van der Waals surface area contributed by atoms with E-state index in [0.29, 0.717) is 12.5 Å². The lowest BCUT2D eigenvalue weighted by Gasteiger charge is -2.46. The lowest BCUT2D eigenvalue weighted by atomic mass is 9.81. The van der Waals surface area contributed by atoms with Gasteiger partial charge in [-0.3, -0.25) is 14.6 Å². The molecule has 0 aromatic carbocycles. The molecule has 1 N–H and O–H groups in total. The van der Waals surface area contributed by atoms with E-state index in [2.05, 4.69) is 23.6 Å². The van der Waals surface area contributed by atoms with E-state index in [0.717, 1.165) is 32.6 Å². The first-order chi connectivity index (χ1) is 8.64. The molecular weight excluding hydrogens is 228 g/mol. The van der Waals surface area contributed by atoms with Gasteiger partial charge in [0.25, 0.3) is 0 Å². The van der Waals surface area contributed by atoms with Crippen molar-refractivity contribution in [2.45, 2.75) is 57.5 Å². The molecule has 4 nitrogen and oxygen atoms in total. The monoisotopic (exact) mass is 254 g/mol. The second-order valence-electron chi connectivity index (χ2n) is 5.64. The van der Waals surface area contributed by atoms with Crippen molar-refractivity contribution in [3.8, 4) is 0 Å². The summed E-state index contributed by atoms with van der Waals surface area (Å²) in [6.45, 7) is 8.45. The molecule has 18 heavy (non-hydrogen) atoms. The Balaban J connectivity index is 2.26. The van der Waals surface area contributed by atoms with Crippen LogP contribution in [0.25, 0.3) is 0 Å². The first-order valence-electron chi connectivity index (χ1n) is 7.35. The van der Waals surface area contributed by atoms with Gasteiger partial charge in [-0.25, -0.2) is 0 Å². The maximum absolute atomic E-state index is 11.3. The topological polar surface area (TPSA) is 43.8 Å². The van der Waals surface area contributed by atoms with Crippen LogP contribution < -0.4 is 0 Å². The standard InChI is InChI=1S/C14H26N2O2/c1-3-16(4-2)14(11-13(17)18)8-10-15-9-6-5-7-12(14)15/h12H,3-11H2,1-2H3,(H,17,18). The second-order valence-corrected chi connectivity index (χ2v) is 5.64. The molecule has 2 fully saturated rings. The zero-order valence-electron chi connectivity index (χ0n) is 11.7. The molecule has 0 saturated carbocycles. The highest BCUT2D eigenvalue weighted by molar-refractivity contribution is 5.68. The van der Waals surface area contributed by atoms with Gasteiger partial charge in [0.05, 0.1) is 6.42 Å². The summed E-state index contributed by atoms with van der Waals surface area (Å²) in [6.07, 6.45) is 5.02. The molecule has 2 heterocycles. The van der Waals surface area contributed by atoms with Crippen LogP contribution in [-0.2, 0) is 4.79 Å². The molecule has 2 unspecified atom stereocenters. The van der Waals surface area contributed by atoms with Crippen molar-refractivity contribution >= 4 is 5.97 Å². The fourth-order valence-corrected chi connectivity index (χ4v) is 4.17. The third-order valence-electron chi connectivity index (χ3n) is 4.92. The average molecular weight is 254 g/mol. The van der Waals surface area contributed by atoms with Gasteiger partial charge in [-0.1, -0.05) is 20.3 Å². The van der Waals surface area contributed by atoms with Gasteiger partial charge < -0.3 is 5.11 Å². The summed E-state index contributed by atoms with van der Waals surface area (Å²) < 4.78 is 0. The van der Waals surface area contributed by atoms with Crippen molar-refractivity contribution < 1.29 is 9.90 Å². The van der Waals surface area contributed by atoms with E-state index in [1.807, 2.05) is 0 Å². The molecule has 0 aliphatic carbocycles. The summed E-state index contributed by atoms with van der Waals surface area (Å²) in [7, 11) is 0. The Morgan fingerprint density at radius 1 is 1.33 bits per heavy atom. The normalized spacial score (nSPS) is 32.7. The zero-order valence-corrected chi connectivity index (χ0v) is 11.7. The van der Waals surface area contributed by atoms with E-state index in [9.17, 15) is 9.90 Å². The molecule has 0 spiro atoms. The van der Waals surface area contributed by atoms with Gasteiger partial charge in [-0.15, -0.1) is 0 Å². The smallest absolute Gasteiger partial charge is 0.305 e. The molecule has 0 radical (unpaired) electrons. The predicted molar refractivity (Wildman–Crippen MR) is 71.7 cm³/mol. The number of nitrogens with zero attached hydrogens (tertiary/aromatic N) is 2.